The number of aromatic nitrogens is 1. The van der Waals surface area contributed by atoms with Crippen LogP contribution >= 0.6 is 0 Å². The first kappa shape index (κ1) is 25.5. The summed E-state index contributed by atoms with van der Waals surface area (Å²) in [6.07, 6.45) is -0.156. The second kappa shape index (κ2) is 11.4. The Morgan fingerprint density at radius 1 is 1.21 bits per heavy atom. The molecule has 0 amide bonds. The van der Waals surface area contributed by atoms with Gasteiger partial charge < -0.3 is 20.3 Å². The van der Waals surface area contributed by atoms with Crippen LogP contribution < -0.4 is 20.3 Å². The van der Waals surface area contributed by atoms with E-state index in [0.29, 0.717) is 12.8 Å². The topological polar surface area (TPSA) is 92.6 Å². The lowest BCUT2D eigenvalue weighted by molar-refractivity contribution is -0.388. The van der Waals surface area contributed by atoms with Gasteiger partial charge in [-0.3, -0.25) is 10.1 Å². The Morgan fingerprint density at radius 2 is 1.94 bits per heavy atom. The maximum Gasteiger partial charge on any atom is 0.423 e. The van der Waals surface area contributed by atoms with E-state index >= 15 is 0 Å². The van der Waals surface area contributed by atoms with Gasteiger partial charge in [-0.05, 0) is 57.9 Å². The Bertz CT molecular complexity index is 965. The number of benzene rings is 1. The maximum atomic E-state index is 13.2. The van der Waals surface area contributed by atoms with Gasteiger partial charge in [-0.1, -0.05) is 0 Å². The second-order valence-corrected chi connectivity index (χ2v) is 8.26. The van der Waals surface area contributed by atoms with Crippen molar-refractivity contribution < 1.29 is 22.8 Å². The number of nitro groups is 1. The Kier molecular flexibility index (Phi) is 8.54. The third-order valence-corrected chi connectivity index (χ3v) is 5.90. The molecule has 34 heavy (non-hydrogen) atoms. The standard InChI is InChI=1S/C23H30F3N5O3/c1-3-30(13-12-27-2)22-15-19(10-11-28-22)34-18-7-4-16(5-8-18)29-17-6-9-21(31(32)33)20(14-17)23(24,25)26/h6,9-11,14-16,18,27,29H,3-5,7-8,12-13H2,1-2H3. The summed E-state index contributed by atoms with van der Waals surface area (Å²) in [5, 5.41) is 17.2. The first-order chi connectivity index (χ1) is 16.2. The van der Waals surface area contributed by atoms with E-state index in [1.165, 1.54) is 6.07 Å². The molecule has 1 saturated carbocycles. The monoisotopic (exact) mass is 481 g/mol. The number of rotatable bonds is 10. The van der Waals surface area contributed by atoms with E-state index in [1.807, 2.05) is 19.2 Å². The molecule has 11 heteroatoms. The summed E-state index contributed by atoms with van der Waals surface area (Å²) in [7, 11) is 1.91. The average Bonchev–Trinajstić information content (AvgIpc) is 2.80. The van der Waals surface area contributed by atoms with E-state index in [4.69, 9.17) is 4.74 Å². The number of hydrogen-bond donors (Lipinski definition) is 2. The first-order valence-electron chi connectivity index (χ1n) is 11.4. The normalized spacial score (nSPS) is 18.4. The fourth-order valence-electron chi connectivity index (χ4n) is 4.09. The molecule has 0 aliphatic heterocycles. The highest BCUT2D eigenvalue weighted by Crippen LogP contribution is 2.38. The molecule has 1 aromatic heterocycles. The van der Waals surface area contributed by atoms with Crippen molar-refractivity contribution in [3.05, 3.63) is 52.2 Å². The van der Waals surface area contributed by atoms with Crippen LogP contribution in [0.5, 0.6) is 5.75 Å². The van der Waals surface area contributed by atoms with Gasteiger partial charge in [-0.15, -0.1) is 0 Å². The number of ether oxygens (including phenoxy) is 1. The molecule has 0 unspecified atom stereocenters. The Hall–Kier alpha value is -3.08. The highest BCUT2D eigenvalue weighted by atomic mass is 19.4. The molecule has 1 aliphatic carbocycles. The lowest BCUT2D eigenvalue weighted by atomic mass is 9.92. The predicted molar refractivity (Wildman–Crippen MR) is 124 cm³/mol. The van der Waals surface area contributed by atoms with Gasteiger partial charge in [-0.25, -0.2) is 4.98 Å². The SMILES string of the molecule is CCN(CCNC)c1cc(OC2CCC(Nc3ccc([N+](=O)[O-])c(C(F)(F)F)c3)CC2)ccn1. The van der Waals surface area contributed by atoms with E-state index < -0.39 is 22.4 Å². The van der Waals surface area contributed by atoms with Crippen molar-refractivity contribution in [1.29, 1.82) is 0 Å². The number of pyridine rings is 1. The molecule has 0 radical (unpaired) electrons. The lowest BCUT2D eigenvalue weighted by Crippen LogP contribution is -2.32. The van der Waals surface area contributed by atoms with Gasteiger partial charge >= 0.3 is 6.18 Å². The molecule has 8 nitrogen and oxygen atoms in total. The molecular weight excluding hydrogens is 451 g/mol. The van der Waals surface area contributed by atoms with Crippen LogP contribution in [0.2, 0.25) is 0 Å². The lowest BCUT2D eigenvalue weighted by Gasteiger charge is -2.30. The largest absolute Gasteiger partial charge is 0.490 e. The molecule has 0 atom stereocenters. The molecule has 1 heterocycles. The number of nitrogens with one attached hydrogen (secondary N) is 2. The fraction of sp³-hybridized carbons (Fsp3) is 0.522. The van der Waals surface area contributed by atoms with Gasteiger partial charge in [-0.2, -0.15) is 13.2 Å². The number of hydrogen-bond acceptors (Lipinski definition) is 7. The number of halogens is 3. The highest BCUT2D eigenvalue weighted by molar-refractivity contribution is 5.55. The zero-order valence-corrected chi connectivity index (χ0v) is 19.3. The molecule has 2 aromatic rings. The minimum Gasteiger partial charge on any atom is -0.490 e. The molecule has 3 rings (SSSR count). The van der Waals surface area contributed by atoms with Crippen molar-refractivity contribution in [2.24, 2.45) is 0 Å². The van der Waals surface area contributed by atoms with E-state index in [-0.39, 0.29) is 17.8 Å². The van der Waals surface area contributed by atoms with Crippen LogP contribution in [0.4, 0.5) is 30.4 Å². The van der Waals surface area contributed by atoms with Crippen molar-refractivity contribution in [3.8, 4) is 5.75 Å². The number of nitrogens with zero attached hydrogens (tertiary/aromatic N) is 3. The maximum absolute atomic E-state index is 13.2. The quantitative estimate of drug-likeness (QED) is 0.370. The molecule has 1 aliphatic rings. The predicted octanol–water partition coefficient (Wildman–Crippen LogP) is 4.86. The minimum atomic E-state index is -4.80. The molecule has 1 fully saturated rings. The first-order valence-corrected chi connectivity index (χ1v) is 11.4. The number of nitro benzene ring substituents is 1. The zero-order valence-electron chi connectivity index (χ0n) is 19.3. The van der Waals surface area contributed by atoms with E-state index in [9.17, 15) is 23.3 Å². The van der Waals surface area contributed by atoms with E-state index in [0.717, 1.165) is 56.2 Å². The van der Waals surface area contributed by atoms with Crippen LogP contribution in [0.25, 0.3) is 0 Å². The second-order valence-electron chi connectivity index (χ2n) is 8.26. The molecule has 186 valence electrons. The van der Waals surface area contributed by atoms with Crippen molar-refractivity contribution in [2.75, 3.05) is 36.9 Å². The fourth-order valence-corrected chi connectivity index (χ4v) is 4.09. The summed E-state index contributed by atoms with van der Waals surface area (Å²) in [4.78, 5) is 16.5. The minimum absolute atomic E-state index is 0.00304. The van der Waals surface area contributed by atoms with Gasteiger partial charge in [0.05, 0.1) is 11.0 Å². The average molecular weight is 482 g/mol. The van der Waals surface area contributed by atoms with Crippen molar-refractivity contribution in [1.82, 2.24) is 10.3 Å². The molecular formula is C23H30F3N5O3. The van der Waals surface area contributed by atoms with Gasteiger partial charge in [0.25, 0.3) is 5.69 Å². The molecule has 2 N–H and O–H groups in total. The van der Waals surface area contributed by atoms with Crippen LogP contribution in [-0.4, -0.2) is 48.7 Å². The van der Waals surface area contributed by atoms with Crippen LogP contribution in [0.3, 0.4) is 0 Å². The molecule has 0 bridgehead atoms. The number of likely N-dealkylation sites (N-methyl/N-ethyl adjacent to an activating group) is 2. The Balaban J connectivity index is 1.57. The van der Waals surface area contributed by atoms with Gasteiger partial charge in [0.15, 0.2) is 0 Å². The summed E-state index contributed by atoms with van der Waals surface area (Å²) in [5.74, 6) is 1.60. The zero-order chi connectivity index (χ0) is 24.7. The van der Waals surface area contributed by atoms with E-state index in [2.05, 4.69) is 27.4 Å². The number of anilines is 2. The molecule has 1 aromatic carbocycles. The van der Waals surface area contributed by atoms with Crippen LogP contribution in [0.1, 0.15) is 38.2 Å². The highest BCUT2D eigenvalue weighted by Gasteiger charge is 2.38. The molecule has 0 saturated heterocycles. The van der Waals surface area contributed by atoms with Gasteiger partial charge in [0.1, 0.15) is 17.1 Å². The summed E-state index contributed by atoms with van der Waals surface area (Å²) >= 11 is 0. The van der Waals surface area contributed by atoms with Crippen LogP contribution in [0, 0.1) is 10.1 Å². The summed E-state index contributed by atoms with van der Waals surface area (Å²) in [6.45, 7) is 4.57. The third kappa shape index (κ3) is 6.72. The van der Waals surface area contributed by atoms with Crippen molar-refractivity contribution in [3.63, 3.8) is 0 Å². The summed E-state index contributed by atoms with van der Waals surface area (Å²) in [5.41, 5.74) is -1.97. The van der Waals surface area contributed by atoms with Crippen LogP contribution in [-0.2, 0) is 6.18 Å². The third-order valence-electron chi connectivity index (χ3n) is 5.90. The van der Waals surface area contributed by atoms with Crippen LogP contribution in [0.15, 0.2) is 36.5 Å². The summed E-state index contributed by atoms with van der Waals surface area (Å²) < 4.78 is 45.9. The van der Waals surface area contributed by atoms with Crippen molar-refractivity contribution >= 4 is 17.2 Å². The molecule has 0 spiro atoms. The Labute approximate surface area is 196 Å². The Morgan fingerprint density at radius 3 is 2.56 bits per heavy atom. The van der Waals surface area contributed by atoms with Gasteiger partial charge in [0.2, 0.25) is 0 Å². The number of alkyl halides is 3. The van der Waals surface area contributed by atoms with Crippen molar-refractivity contribution in [2.45, 2.75) is 50.9 Å². The van der Waals surface area contributed by atoms with Gasteiger partial charge in [0, 0.05) is 49.7 Å². The van der Waals surface area contributed by atoms with E-state index in [1.54, 1.807) is 6.20 Å². The smallest absolute Gasteiger partial charge is 0.423 e. The summed E-state index contributed by atoms with van der Waals surface area (Å²) in [6, 6.07) is 6.76.